The molecule has 2 rings (SSSR count). The Morgan fingerprint density at radius 2 is 1.06 bits per heavy atom. The zero-order valence-corrected chi connectivity index (χ0v) is 28.1. The van der Waals surface area contributed by atoms with Gasteiger partial charge in [-0.3, -0.25) is 28.8 Å². The summed E-state index contributed by atoms with van der Waals surface area (Å²) in [4.78, 5) is 75.4. The minimum Gasteiger partial charge on any atom is -0.463 e. The van der Waals surface area contributed by atoms with Gasteiger partial charge in [0, 0.05) is 41.5 Å². The van der Waals surface area contributed by atoms with Gasteiger partial charge in [0.25, 0.3) is 3.92 Å². The number of aliphatic hydroxyl groups is 1. The Hall–Kier alpha value is -3.00. The van der Waals surface area contributed by atoms with E-state index in [0.29, 0.717) is 6.40 Å². The van der Waals surface area contributed by atoms with E-state index in [9.17, 15) is 33.9 Å². The van der Waals surface area contributed by atoms with Gasteiger partial charge in [-0.25, -0.2) is 4.99 Å². The molecule has 0 unspecified atom stereocenters. The molecule has 0 saturated carbocycles. The molecule has 0 bridgehead atoms. The number of hydrogen-bond acceptors (Lipinski definition) is 18. The van der Waals surface area contributed by atoms with Crippen molar-refractivity contribution in [2.45, 2.75) is 107 Å². The number of ether oxygens (including phenoxy) is 10. The molecule has 0 amide bonds. The van der Waals surface area contributed by atoms with E-state index in [1.54, 1.807) is 0 Å². The molecule has 2 aliphatic heterocycles. The molecule has 2 aliphatic rings. The Balaban J connectivity index is 2.66. The van der Waals surface area contributed by atoms with Crippen molar-refractivity contribution >= 4 is 77.0 Å². The minimum absolute atomic E-state index is 0.582. The molecular weight excluding hydrogens is 705 g/mol. The largest absolute Gasteiger partial charge is 0.463 e. The number of carbonyl (C=O) groups is 6. The van der Waals surface area contributed by atoms with Crippen molar-refractivity contribution < 1.29 is 81.2 Å². The molecule has 2 fully saturated rings. The summed E-state index contributed by atoms with van der Waals surface area (Å²) in [5, 5.41) is 11.0. The van der Waals surface area contributed by atoms with Crippen molar-refractivity contribution in [2.75, 3.05) is 13.2 Å². The Kier molecular flexibility index (Phi) is 15.3. The number of carbonyl (C=O) groups excluding carboxylic acids is 6. The quantitative estimate of drug-likeness (QED) is 0.0714. The topological polar surface area (TPSA) is 227 Å². The number of hydrogen-bond donors (Lipinski definition) is 1. The summed E-state index contributed by atoms with van der Waals surface area (Å²) in [5.41, 5.74) is 0. The molecule has 2 saturated heterocycles. The molecule has 10 atom stereocenters. The molecule has 47 heavy (non-hydrogen) atoms. The molecule has 0 radical (unpaired) electrons. The second-order valence-electron chi connectivity index (χ2n) is 9.92. The van der Waals surface area contributed by atoms with Gasteiger partial charge < -0.3 is 52.5 Å². The lowest BCUT2D eigenvalue weighted by Gasteiger charge is -2.48. The van der Waals surface area contributed by atoms with Crippen LogP contribution in [0.4, 0.5) is 0 Å². The second-order valence-corrected chi connectivity index (χ2v) is 12.1. The van der Waals surface area contributed by atoms with Gasteiger partial charge in [0.1, 0.15) is 37.6 Å². The van der Waals surface area contributed by atoms with Crippen LogP contribution >= 0.6 is 34.8 Å². The van der Waals surface area contributed by atoms with E-state index in [2.05, 4.69) is 4.99 Å². The average molecular weight is 739 g/mol. The Labute approximate surface area is 283 Å². The average Bonchev–Trinajstić information content (AvgIpc) is 2.91. The van der Waals surface area contributed by atoms with Crippen LogP contribution < -0.4 is 0 Å². The molecular formula is C26H34Cl3NO17. The van der Waals surface area contributed by atoms with Crippen LogP contribution in [0.2, 0.25) is 0 Å². The van der Waals surface area contributed by atoms with Gasteiger partial charge in [-0.15, -0.1) is 0 Å². The van der Waals surface area contributed by atoms with E-state index >= 15 is 0 Å². The summed E-state index contributed by atoms with van der Waals surface area (Å²) in [6.07, 6.45) is -15.7. The van der Waals surface area contributed by atoms with Gasteiger partial charge in [-0.2, -0.15) is 0 Å². The molecule has 266 valence electrons. The molecule has 0 aromatic rings. The van der Waals surface area contributed by atoms with Gasteiger partial charge in [0.15, 0.2) is 31.0 Å². The first-order valence-corrected chi connectivity index (χ1v) is 14.8. The number of esters is 6. The fourth-order valence-corrected chi connectivity index (χ4v) is 4.53. The van der Waals surface area contributed by atoms with E-state index in [-0.39, 0.29) is 0 Å². The first-order chi connectivity index (χ1) is 21.8. The van der Waals surface area contributed by atoms with Crippen molar-refractivity contribution in [1.29, 1.82) is 0 Å². The predicted octanol–water partition coefficient (Wildman–Crippen LogP) is 0.408. The highest BCUT2D eigenvalue weighted by Gasteiger charge is 2.57. The van der Waals surface area contributed by atoms with Crippen LogP contribution in [0, 0.1) is 0 Å². The first kappa shape index (κ1) is 40.2. The van der Waals surface area contributed by atoms with Crippen LogP contribution in [0.3, 0.4) is 0 Å². The van der Waals surface area contributed by atoms with Crippen LogP contribution in [0.25, 0.3) is 0 Å². The van der Waals surface area contributed by atoms with E-state index in [1.165, 1.54) is 0 Å². The molecule has 0 aliphatic carbocycles. The number of alkyl halides is 3. The van der Waals surface area contributed by atoms with Crippen molar-refractivity contribution in [3.05, 3.63) is 0 Å². The standard InChI is InChI=1S/C26H34Cl3NO17/c1-10(31)38-7-16-18(37)20(41-12(3)33)22(43-14(5)35)25(45-16)47-19-17(8-39-11(2)32)46-24(40-9-30-26(27,28)29)23(44-15(6)36)21(19)42-13(4)34/h9,16-25,37H,7-8H2,1-6H3/b30-9+/t16-,17-,18-,19-,20+,21+,22-,23-,24-,25+/m1/s1. The number of aliphatic hydroxyl groups excluding tert-OH is 1. The van der Waals surface area contributed by atoms with E-state index in [1.807, 2.05) is 0 Å². The lowest BCUT2D eigenvalue weighted by atomic mass is 9.96. The summed E-state index contributed by atoms with van der Waals surface area (Å²) >= 11 is 16.9. The van der Waals surface area contributed by atoms with Crippen LogP contribution in [-0.2, 0) is 76.1 Å². The summed E-state index contributed by atoms with van der Waals surface area (Å²) in [6.45, 7) is 5.03. The van der Waals surface area contributed by atoms with E-state index in [0.717, 1.165) is 41.5 Å². The van der Waals surface area contributed by atoms with Crippen LogP contribution in [0.5, 0.6) is 0 Å². The highest BCUT2D eigenvalue weighted by atomic mass is 35.6. The Morgan fingerprint density at radius 1 is 0.638 bits per heavy atom. The van der Waals surface area contributed by atoms with E-state index < -0.39 is 114 Å². The number of nitrogens with zero attached hydrogens (tertiary/aromatic N) is 1. The zero-order chi connectivity index (χ0) is 35.6. The van der Waals surface area contributed by atoms with Crippen LogP contribution in [0.1, 0.15) is 41.5 Å². The highest BCUT2D eigenvalue weighted by Crippen LogP contribution is 2.35. The van der Waals surface area contributed by atoms with Crippen LogP contribution in [0.15, 0.2) is 4.99 Å². The third-order valence-corrected chi connectivity index (χ3v) is 6.30. The first-order valence-electron chi connectivity index (χ1n) is 13.6. The van der Waals surface area contributed by atoms with Gasteiger partial charge in [-0.1, -0.05) is 34.8 Å². The zero-order valence-electron chi connectivity index (χ0n) is 25.8. The second kappa shape index (κ2) is 18.0. The maximum absolute atomic E-state index is 12.3. The van der Waals surface area contributed by atoms with Gasteiger partial charge in [0.2, 0.25) is 12.4 Å². The summed E-state index contributed by atoms with van der Waals surface area (Å²) in [5.74, 6) is -5.20. The molecule has 0 aromatic carbocycles. The highest BCUT2D eigenvalue weighted by molar-refractivity contribution is 6.67. The fourth-order valence-electron chi connectivity index (χ4n) is 4.41. The van der Waals surface area contributed by atoms with Gasteiger partial charge in [-0.05, 0) is 0 Å². The maximum atomic E-state index is 12.3. The number of aliphatic imine (C=N–C) groups is 1. The number of halogens is 3. The third kappa shape index (κ3) is 13.2. The monoisotopic (exact) mass is 737 g/mol. The van der Waals surface area contributed by atoms with Crippen molar-refractivity contribution in [2.24, 2.45) is 4.99 Å². The van der Waals surface area contributed by atoms with E-state index in [4.69, 9.17) is 82.2 Å². The van der Waals surface area contributed by atoms with Crippen molar-refractivity contribution in [3.63, 3.8) is 0 Å². The summed E-state index contributed by atoms with van der Waals surface area (Å²) in [7, 11) is 0. The number of rotatable bonds is 12. The molecule has 0 aromatic heterocycles. The Morgan fingerprint density at radius 3 is 1.53 bits per heavy atom. The normalized spacial score (nSPS) is 30.9. The van der Waals surface area contributed by atoms with Gasteiger partial charge in [0.05, 0.1) is 0 Å². The predicted molar refractivity (Wildman–Crippen MR) is 154 cm³/mol. The fraction of sp³-hybridized carbons (Fsp3) is 0.731. The van der Waals surface area contributed by atoms with Gasteiger partial charge >= 0.3 is 35.8 Å². The van der Waals surface area contributed by atoms with Crippen LogP contribution in [-0.4, -0.2) is 126 Å². The third-order valence-electron chi connectivity index (χ3n) is 6.00. The molecule has 0 spiro atoms. The summed E-state index contributed by atoms with van der Waals surface area (Å²) in [6, 6.07) is 0. The molecule has 18 nitrogen and oxygen atoms in total. The Bertz CT molecular complexity index is 1180. The molecule has 1 N–H and O–H groups in total. The SMILES string of the molecule is CC(=O)OC[C@H]1O[C@@H](O[C@H]2[C@H](OC(C)=O)[C@@H](OC(C)=O)[C@H](O/C=N/C(Cl)(Cl)Cl)O[C@@H]2COC(C)=O)[C@H](OC(C)=O)[C@@H](OC(C)=O)[C@@H]1O. The molecule has 21 heteroatoms. The molecule has 2 heterocycles. The van der Waals surface area contributed by atoms with Crippen molar-refractivity contribution in [3.8, 4) is 0 Å². The minimum atomic E-state index is -2.17. The maximum Gasteiger partial charge on any atom is 0.303 e. The summed E-state index contributed by atoms with van der Waals surface area (Å²) < 4.78 is 52.6. The lowest BCUT2D eigenvalue weighted by Crippen LogP contribution is -2.67. The lowest BCUT2D eigenvalue weighted by molar-refractivity contribution is -0.355. The van der Waals surface area contributed by atoms with Crippen molar-refractivity contribution in [1.82, 2.24) is 0 Å². The smallest absolute Gasteiger partial charge is 0.303 e.